The first kappa shape index (κ1) is 27.9. The monoisotopic (exact) mass is 607 g/mol. The molecule has 4 unspecified atom stereocenters. The maximum Gasteiger partial charge on any atom is 0.280 e. The van der Waals surface area contributed by atoms with Crippen molar-refractivity contribution in [3.05, 3.63) is 106 Å². The van der Waals surface area contributed by atoms with Crippen molar-refractivity contribution in [1.82, 2.24) is 20.1 Å². The highest BCUT2D eigenvalue weighted by molar-refractivity contribution is 6.04. The van der Waals surface area contributed by atoms with Gasteiger partial charge in [0.2, 0.25) is 5.91 Å². The lowest BCUT2D eigenvalue weighted by molar-refractivity contribution is -0.123. The van der Waals surface area contributed by atoms with E-state index in [1.807, 2.05) is 0 Å². The Hall–Kier alpha value is -4.94. The van der Waals surface area contributed by atoms with E-state index in [-0.39, 0.29) is 52.1 Å². The van der Waals surface area contributed by atoms with E-state index >= 15 is 0 Å². The number of primary amides is 1. The summed E-state index contributed by atoms with van der Waals surface area (Å²) in [4.78, 5) is 42.4. The zero-order valence-corrected chi connectivity index (χ0v) is 22.7. The standard InChI is InChI=1S/C31H22F5N5O3/c32-15-6-14(7-16(33)9-15)21-11-31(21,28-17(2-1-5-38-28)13-3-4-22(34)20(8-13)30(37)44)39-23(42)12-41-26(29(35)36)24-18-10-19(18)27(43)25(24)40-41/h1-9,18-19,21,29H,10-12H2,(H2,37,44)(H,39,42). The number of fused-ring (bicyclic) bond motifs is 3. The number of benzene rings is 2. The predicted molar refractivity (Wildman–Crippen MR) is 144 cm³/mol. The lowest BCUT2D eigenvalue weighted by Crippen LogP contribution is -2.39. The molecule has 4 aromatic rings. The molecule has 2 amide bonds. The fourth-order valence-electron chi connectivity index (χ4n) is 6.57. The van der Waals surface area contributed by atoms with E-state index in [0.717, 1.165) is 22.9 Å². The summed E-state index contributed by atoms with van der Waals surface area (Å²) in [6.07, 6.45) is -0.960. The van der Waals surface area contributed by atoms with Crippen LogP contribution in [0.15, 0.2) is 54.7 Å². The van der Waals surface area contributed by atoms with E-state index in [9.17, 15) is 36.3 Å². The number of pyridine rings is 1. The molecule has 0 bridgehead atoms. The first-order chi connectivity index (χ1) is 21.0. The molecule has 3 N–H and O–H groups in total. The summed E-state index contributed by atoms with van der Waals surface area (Å²) in [6, 6.07) is 9.81. The highest BCUT2D eigenvalue weighted by Crippen LogP contribution is 2.60. The fraction of sp³-hybridized carbons (Fsp3) is 0.258. The van der Waals surface area contributed by atoms with E-state index in [2.05, 4.69) is 15.4 Å². The molecule has 3 aliphatic carbocycles. The van der Waals surface area contributed by atoms with Crippen LogP contribution >= 0.6 is 0 Å². The van der Waals surface area contributed by atoms with Crippen molar-refractivity contribution < 1.29 is 36.3 Å². The molecule has 7 rings (SSSR count). The van der Waals surface area contributed by atoms with Crippen molar-refractivity contribution in [3.8, 4) is 11.1 Å². The number of nitrogens with one attached hydrogen (secondary N) is 1. The third kappa shape index (κ3) is 4.37. The number of carbonyl (C=O) groups excluding carboxylic acids is 3. The molecule has 2 heterocycles. The van der Waals surface area contributed by atoms with Gasteiger partial charge in [0.25, 0.3) is 12.3 Å². The van der Waals surface area contributed by atoms with Gasteiger partial charge in [-0.05, 0) is 60.2 Å². The van der Waals surface area contributed by atoms with Crippen LogP contribution in [0.2, 0.25) is 0 Å². The van der Waals surface area contributed by atoms with Crippen molar-refractivity contribution in [2.24, 2.45) is 11.7 Å². The van der Waals surface area contributed by atoms with Crippen LogP contribution in [0.4, 0.5) is 22.0 Å². The predicted octanol–water partition coefficient (Wildman–Crippen LogP) is 4.90. The molecule has 2 aromatic carbocycles. The van der Waals surface area contributed by atoms with E-state index in [4.69, 9.17) is 5.73 Å². The van der Waals surface area contributed by atoms with Crippen molar-refractivity contribution in [2.45, 2.75) is 43.2 Å². The number of Topliss-reactive ketones (excluding diaryl/α,β-unsaturated/α-hetero) is 1. The number of alkyl halides is 2. The number of halogens is 5. The Balaban J connectivity index is 1.29. The Morgan fingerprint density at radius 1 is 1.07 bits per heavy atom. The van der Waals surface area contributed by atoms with Crippen LogP contribution < -0.4 is 11.1 Å². The Morgan fingerprint density at radius 3 is 2.52 bits per heavy atom. The number of amides is 2. The largest absolute Gasteiger partial charge is 0.366 e. The van der Waals surface area contributed by atoms with Gasteiger partial charge in [-0.3, -0.25) is 24.0 Å². The van der Waals surface area contributed by atoms with Gasteiger partial charge in [-0.1, -0.05) is 12.1 Å². The van der Waals surface area contributed by atoms with Gasteiger partial charge in [0.15, 0.2) is 5.78 Å². The number of carbonyl (C=O) groups is 3. The van der Waals surface area contributed by atoms with Crippen LogP contribution in [0.5, 0.6) is 0 Å². The van der Waals surface area contributed by atoms with Crippen molar-refractivity contribution >= 4 is 17.6 Å². The van der Waals surface area contributed by atoms with Gasteiger partial charge in [0, 0.05) is 35.2 Å². The van der Waals surface area contributed by atoms with Crippen LogP contribution in [0.1, 0.15) is 74.5 Å². The normalized spacial score (nSPS) is 23.0. The van der Waals surface area contributed by atoms with E-state index in [1.165, 1.54) is 18.3 Å². The number of ketones is 1. The lowest BCUT2D eigenvalue weighted by Gasteiger charge is -2.23. The van der Waals surface area contributed by atoms with Gasteiger partial charge in [0.05, 0.1) is 16.8 Å². The Morgan fingerprint density at radius 2 is 1.82 bits per heavy atom. The molecule has 2 fully saturated rings. The van der Waals surface area contributed by atoms with E-state index in [1.54, 1.807) is 12.1 Å². The molecule has 8 nitrogen and oxygen atoms in total. The molecule has 0 spiro atoms. The maximum absolute atomic E-state index is 14.3. The summed E-state index contributed by atoms with van der Waals surface area (Å²) >= 11 is 0. The summed E-state index contributed by atoms with van der Waals surface area (Å²) < 4.78 is 72.0. The summed E-state index contributed by atoms with van der Waals surface area (Å²) in [5.74, 6) is -5.96. The van der Waals surface area contributed by atoms with E-state index < -0.39 is 59.4 Å². The molecule has 2 saturated carbocycles. The smallest absolute Gasteiger partial charge is 0.280 e. The molecule has 224 valence electrons. The van der Waals surface area contributed by atoms with Crippen molar-refractivity contribution in [3.63, 3.8) is 0 Å². The molecule has 13 heteroatoms. The first-order valence-electron chi connectivity index (χ1n) is 13.7. The van der Waals surface area contributed by atoms with Crippen LogP contribution in [-0.4, -0.2) is 32.4 Å². The molecule has 0 aliphatic heterocycles. The summed E-state index contributed by atoms with van der Waals surface area (Å²) in [5.41, 5.74) is 4.38. The van der Waals surface area contributed by atoms with Gasteiger partial charge < -0.3 is 11.1 Å². The Bertz CT molecular complexity index is 1890. The quantitative estimate of drug-likeness (QED) is 0.276. The molecule has 0 saturated heterocycles. The molecule has 3 aliphatic rings. The second-order valence-corrected chi connectivity index (χ2v) is 11.4. The van der Waals surface area contributed by atoms with Gasteiger partial charge in [-0.25, -0.2) is 22.0 Å². The second-order valence-electron chi connectivity index (χ2n) is 11.4. The molecular weight excluding hydrogens is 585 g/mol. The van der Waals surface area contributed by atoms with E-state index in [0.29, 0.717) is 23.6 Å². The first-order valence-corrected chi connectivity index (χ1v) is 13.7. The average molecular weight is 608 g/mol. The van der Waals surface area contributed by atoms with Crippen LogP contribution in [0.25, 0.3) is 11.1 Å². The van der Waals surface area contributed by atoms with Gasteiger partial charge in [-0.15, -0.1) is 0 Å². The zero-order valence-electron chi connectivity index (χ0n) is 22.7. The minimum Gasteiger partial charge on any atom is -0.366 e. The van der Waals surface area contributed by atoms with Gasteiger partial charge >= 0.3 is 0 Å². The van der Waals surface area contributed by atoms with Crippen LogP contribution in [-0.2, 0) is 16.9 Å². The highest BCUT2D eigenvalue weighted by Gasteiger charge is 2.60. The molecule has 4 atom stereocenters. The summed E-state index contributed by atoms with van der Waals surface area (Å²) in [7, 11) is 0. The summed E-state index contributed by atoms with van der Waals surface area (Å²) in [6.45, 7) is -0.659. The van der Waals surface area contributed by atoms with Crippen molar-refractivity contribution in [1.29, 1.82) is 0 Å². The number of nitrogens with zero attached hydrogens (tertiary/aromatic N) is 3. The van der Waals surface area contributed by atoms with Crippen LogP contribution in [0.3, 0.4) is 0 Å². The third-order valence-corrected chi connectivity index (χ3v) is 8.64. The Kier molecular flexibility index (Phi) is 6.20. The minimum atomic E-state index is -2.98. The van der Waals surface area contributed by atoms with Crippen molar-refractivity contribution in [2.75, 3.05) is 0 Å². The molecule has 2 aromatic heterocycles. The Labute approximate surface area is 246 Å². The number of hydrogen-bond donors (Lipinski definition) is 2. The highest BCUT2D eigenvalue weighted by atomic mass is 19.3. The minimum absolute atomic E-state index is 0.0443. The number of nitrogens with two attached hydrogens (primary N) is 1. The second kappa shape index (κ2) is 9.79. The van der Waals surface area contributed by atoms with Gasteiger partial charge in [0.1, 0.15) is 35.4 Å². The van der Waals surface area contributed by atoms with Gasteiger partial charge in [-0.2, -0.15) is 5.10 Å². The van der Waals surface area contributed by atoms with Crippen LogP contribution in [0, 0.1) is 23.4 Å². The zero-order chi connectivity index (χ0) is 31.1. The lowest BCUT2D eigenvalue weighted by atomic mass is 9.94. The molecular formula is C31H22F5N5O3. The maximum atomic E-state index is 14.3. The SMILES string of the molecule is NC(=O)c1cc(-c2cccnc2C2(NC(=O)Cn3nc4c(c3C(F)F)C3CC3C4=O)CC2c2cc(F)cc(F)c2)ccc1F. The fourth-order valence-corrected chi connectivity index (χ4v) is 6.57. The average Bonchev–Trinajstić information content (AvgIpc) is 3.85. The molecule has 44 heavy (non-hydrogen) atoms. The number of rotatable bonds is 8. The summed E-state index contributed by atoms with van der Waals surface area (Å²) in [5, 5.41) is 6.91. The topological polar surface area (TPSA) is 120 Å². The molecule has 0 radical (unpaired) electrons. The number of aromatic nitrogens is 3. The third-order valence-electron chi connectivity index (χ3n) is 8.64. The number of hydrogen-bond acceptors (Lipinski definition) is 5.